The summed E-state index contributed by atoms with van der Waals surface area (Å²) < 4.78 is 30.8. The predicted octanol–water partition coefficient (Wildman–Crippen LogP) is 3.41. The van der Waals surface area contributed by atoms with Crippen LogP contribution < -0.4 is 19.7 Å². The van der Waals surface area contributed by atoms with Crippen LogP contribution in [0.5, 0.6) is 5.75 Å². The van der Waals surface area contributed by atoms with Crippen LogP contribution in [0.4, 0.5) is 11.4 Å². The van der Waals surface area contributed by atoms with Gasteiger partial charge in [-0.25, -0.2) is 8.42 Å². The number of rotatable bonds is 11. The van der Waals surface area contributed by atoms with Crippen molar-refractivity contribution >= 4 is 33.2 Å². The number of nitrogens with zero attached hydrogens (tertiary/aromatic N) is 1. The number of hydrogen-bond donors (Lipinski definition) is 2. The first-order valence-corrected chi connectivity index (χ1v) is 12.3. The first-order valence-electron chi connectivity index (χ1n) is 10.5. The highest BCUT2D eigenvalue weighted by Crippen LogP contribution is 2.22. The summed E-state index contributed by atoms with van der Waals surface area (Å²) in [4.78, 5) is 25.0. The third kappa shape index (κ3) is 7.26. The Morgan fingerprint density at radius 1 is 1.09 bits per heavy atom. The topological polar surface area (TPSA) is 105 Å². The Balaban J connectivity index is 2.01. The van der Waals surface area contributed by atoms with Gasteiger partial charge in [0.05, 0.1) is 30.3 Å². The number of anilines is 2. The monoisotopic (exact) mass is 461 g/mol. The Bertz CT molecular complexity index is 1020. The van der Waals surface area contributed by atoms with E-state index in [2.05, 4.69) is 10.6 Å². The molecule has 2 N–H and O–H groups in total. The molecule has 2 rings (SSSR count). The summed E-state index contributed by atoms with van der Waals surface area (Å²) in [5.41, 5.74) is 1.31. The second-order valence-corrected chi connectivity index (χ2v) is 9.42. The molecule has 0 saturated carbocycles. The van der Waals surface area contributed by atoms with Crippen molar-refractivity contribution in [3.63, 3.8) is 0 Å². The Morgan fingerprint density at radius 3 is 2.34 bits per heavy atom. The molecule has 32 heavy (non-hydrogen) atoms. The van der Waals surface area contributed by atoms with Crippen LogP contribution in [0, 0.1) is 0 Å². The van der Waals surface area contributed by atoms with Gasteiger partial charge in [0, 0.05) is 19.0 Å². The SMILES string of the molecule is CC[C@@H](C)NC(=O)c1ccccc1NC(=O)CCCN(c1ccc(OC)cc1)S(C)(=O)=O. The molecule has 174 valence electrons. The predicted molar refractivity (Wildman–Crippen MR) is 127 cm³/mol. The molecular formula is C23H31N3O5S. The number of para-hydroxylation sites is 1. The molecule has 1 atom stereocenters. The Kier molecular flexibility index (Phi) is 9.07. The molecule has 0 unspecified atom stereocenters. The lowest BCUT2D eigenvalue weighted by atomic mass is 10.1. The van der Waals surface area contributed by atoms with E-state index >= 15 is 0 Å². The van der Waals surface area contributed by atoms with Crippen LogP contribution in [0.2, 0.25) is 0 Å². The summed E-state index contributed by atoms with van der Waals surface area (Å²) in [6.45, 7) is 4.04. The van der Waals surface area contributed by atoms with Gasteiger partial charge >= 0.3 is 0 Å². The number of carbonyl (C=O) groups is 2. The van der Waals surface area contributed by atoms with Crippen LogP contribution in [-0.2, 0) is 14.8 Å². The largest absolute Gasteiger partial charge is 0.497 e. The number of methoxy groups -OCH3 is 1. The van der Waals surface area contributed by atoms with Crippen LogP contribution in [0.25, 0.3) is 0 Å². The van der Waals surface area contributed by atoms with Gasteiger partial charge < -0.3 is 15.4 Å². The molecule has 2 aromatic rings. The molecular weight excluding hydrogens is 430 g/mol. The third-order valence-electron chi connectivity index (χ3n) is 4.96. The van der Waals surface area contributed by atoms with Crippen molar-refractivity contribution in [2.45, 2.75) is 39.2 Å². The van der Waals surface area contributed by atoms with E-state index in [0.717, 1.165) is 12.7 Å². The fourth-order valence-corrected chi connectivity index (χ4v) is 3.99. The average molecular weight is 462 g/mol. The summed E-state index contributed by atoms with van der Waals surface area (Å²) in [6, 6.07) is 13.5. The Hall–Kier alpha value is -3.07. The van der Waals surface area contributed by atoms with E-state index in [1.807, 2.05) is 13.8 Å². The van der Waals surface area contributed by atoms with Gasteiger partial charge in [0.1, 0.15) is 5.75 Å². The number of carbonyl (C=O) groups excluding carboxylic acids is 2. The van der Waals surface area contributed by atoms with Crippen molar-refractivity contribution in [1.82, 2.24) is 5.32 Å². The van der Waals surface area contributed by atoms with Crippen LogP contribution in [0.1, 0.15) is 43.5 Å². The molecule has 9 heteroatoms. The Labute approximate surface area is 190 Å². The lowest BCUT2D eigenvalue weighted by Crippen LogP contribution is -2.33. The minimum absolute atomic E-state index is 0.0196. The van der Waals surface area contributed by atoms with E-state index in [0.29, 0.717) is 29.1 Å². The number of nitrogens with one attached hydrogen (secondary N) is 2. The van der Waals surface area contributed by atoms with E-state index in [1.54, 1.807) is 48.5 Å². The number of amides is 2. The zero-order valence-corrected chi connectivity index (χ0v) is 19.7. The molecule has 0 heterocycles. The van der Waals surface area contributed by atoms with E-state index in [-0.39, 0.29) is 30.8 Å². The zero-order valence-electron chi connectivity index (χ0n) is 18.9. The Morgan fingerprint density at radius 2 is 1.75 bits per heavy atom. The van der Waals surface area contributed by atoms with Crippen molar-refractivity contribution in [3.05, 3.63) is 54.1 Å². The molecule has 0 saturated heterocycles. The molecule has 8 nitrogen and oxygen atoms in total. The highest BCUT2D eigenvalue weighted by Gasteiger charge is 2.19. The number of sulfonamides is 1. The molecule has 2 amide bonds. The lowest BCUT2D eigenvalue weighted by Gasteiger charge is -2.22. The fourth-order valence-electron chi connectivity index (χ4n) is 3.02. The summed E-state index contributed by atoms with van der Waals surface area (Å²) in [5, 5.41) is 5.65. The summed E-state index contributed by atoms with van der Waals surface area (Å²) in [5.74, 6) is 0.0765. The van der Waals surface area contributed by atoms with Crippen LogP contribution in [-0.4, -0.2) is 46.2 Å². The van der Waals surface area contributed by atoms with Crippen molar-refractivity contribution in [2.24, 2.45) is 0 Å². The minimum Gasteiger partial charge on any atom is -0.497 e. The smallest absolute Gasteiger partial charge is 0.253 e. The second kappa shape index (κ2) is 11.5. The molecule has 2 aromatic carbocycles. The fraction of sp³-hybridized carbons (Fsp3) is 0.391. The molecule has 0 spiro atoms. The first-order chi connectivity index (χ1) is 15.2. The number of ether oxygens (including phenoxy) is 1. The van der Waals surface area contributed by atoms with Gasteiger partial charge in [0.25, 0.3) is 5.91 Å². The number of benzene rings is 2. The maximum absolute atomic E-state index is 12.5. The standard InChI is InChI=1S/C23H31N3O5S/c1-5-17(2)24-23(28)20-9-6-7-10-21(20)25-22(27)11-8-16-26(32(4,29)30)18-12-14-19(31-3)15-13-18/h6-7,9-10,12-15,17H,5,8,11,16H2,1-4H3,(H,24,28)(H,25,27)/t17-/m1/s1. The van der Waals surface area contributed by atoms with E-state index in [1.165, 1.54) is 11.4 Å². The summed E-state index contributed by atoms with van der Waals surface area (Å²) >= 11 is 0. The van der Waals surface area contributed by atoms with Gasteiger partial charge in [-0.3, -0.25) is 13.9 Å². The molecule has 0 radical (unpaired) electrons. The van der Waals surface area contributed by atoms with E-state index in [9.17, 15) is 18.0 Å². The maximum Gasteiger partial charge on any atom is 0.253 e. The van der Waals surface area contributed by atoms with Gasteiger partial charge in [-0.15, -0.1) is 0 Å². The number of hydrogen-bond acceptors (Lipinski definition) is 5. The zero-order chi connectivity index (χ0) is 23.7. The van der Waals surface area contributed by atoms with Crippen molar-refractivity contribution in [1.29, 1.82) is 0 Å². The first kappa shape index (κ1) is 25.2. The molecule has 0 aliphatic heterocycles. The van der Waals surface area contributed by atoms with Gasteiger partial charge in [0.2, 0.25) is 15.9 Å². The van der Waals surface area contributed by atoms with Gasteiger partial charge in [-0.2, -0.15) is 0 Å². The molecule has 0 bridgehead atoms. The van der Waals surface area contributed by atoms with Gasteiger partial charge in [0.15, 0.2) is 0 Å². The minimum atomic E-state index is -3.52. The maximum atomic E-state index is 12.5. The highest BCUT2D eigenvalue weighted by atomic mass is 32.2. The van der Waals surface area contributed by atoms with Crippen molar-refractivity contribution < 1.29 is 22.7 Å². The molecule has 0 fully saturated rings. The van der Waals surface area contributed by atoms with E-state index < -0.39 is 10.0 Å². The van der Waals surface area contributed by atoms with Crippen molar-refractivity contribution in [2.75, 3.05) is 29.5 Å². The van der Waals surface area contributed by atoms with Gasteiger partial charge in [-0.05, 0) is 56.2 Å². The van der Waals surface area contributed by atoms with Crippen LogP contribution in [0.3, 0.4) is 0 Å². The normalized spacial score (nSPS) is 12.0. The average Bonchev–Trinajstić information content (AvgIpc) is 2.76. The lowest BCUT2D eigenvalue weighted by molar-refractivity contribution is -0.116. The summed E-state index contributed by atoms with van der Waals surface area (Å²) in [7, 11) is -1.98. The highest BCUT2D eigenvalue weighted by molar-refractivity contribution is 7.92. The van der Waals surface area contributed by atoms with Crippen LogP contribution >= 0.6 is 0 Å². The quantitative estimate of drug-likeness (QED) is 0.534. The van der Waals surface area contributed by atoms with E-state index in [4.69, 9.17) is 4.74 Å². The second-order valence-electron chi connectivity index (χ2n) is 7.51. The van der Waals surface area contributed by atoms with Crippen molar-refractivity contribution in [3.8, 4) is 5.75 Å². The molecule has 0 aliphatic rings. The third-order valence-corrected chi connectivity index (χ3v) is 6.16. The summed E-state index contributed by atoms with van der Waals surface area (Å²) in [6.07, 6.45) is 2.34. The molecule has 0 aromatic heterocycles. The van der Waals surface area contributed by atoms with Gasteiger partial charge in [-0.1, -0.05) is 19.1 Å². The molecule has 0 aliphatic carbocycles. The van der Waals surface area contributed by atoms with Crippen LogP contribution in [0.15, 0.2) is 48.5 Å².